The predicted molar refractivity (Wildman–Crippen MR) is 188 cm³/mol. The van der Waals surface area contributed by atoms with E-state index in [1.165, 1.54) is 20.8 Å². The lowest BCUT2D eigenvalue weighted by Crippen LogP contribution is -2.61. The van der Waals surface area contributed by atoms with Crippen LogP contribution in [-0.4, -0.2) is 145 Å². The lowest BCUT2D eigenvalue weighted by molar-refractivity contribution is -0.870. The highest BCUT2D eigenvalue weighted by atomic mass is 16.3. The van der Waals surface area contributed by atoms with Crippen molar-refractivity contribution in [3.63, 3.8) is 0 Å². The Morgan fingerprint density at radius 2 is 1.18 bits per heavy atom. The first-order chi connectivity index (χ1) is 23.6. The van der Waals surface area contributed by atoms with E-state index in [0.717, 1.165) is 6.54 Å². The zero-order valence-electron chi connectivity index (χ0n) is 30.5. The molecule has 0 aliphatic heterocycles. The highest BCUT2D eigenvalue weighted by molar-refractivity contribution is 5.96. The van der Waals surface area contributed by atoms with Gasteiger partial charge < -0.3 is 69.0 Å². The molecule has 0 aromatic rings. The number of carbonyl (C=O) groups excluding carboxylic acids is 7. The lowest BCUT2D eigenvalue weighted by Gasteiger charge is -2.28. The van der Waals surface area contributed by atoms with Crippen LogP contribution in [0.15, 0.2) is 4.99 Å². The Balaban J connectivity index is 6.25. The van der Waals surface area contributed by atoms with Gasteiger partial charge in [0.25, 0.3) is 0 Å². The summed E-state index contributed by atoms with van der Waals surface area (Å²) >= 11 is 0. The molecule has 8 atom stereocenters. The van der Waals surface area contributed by atoms with E-state index in [0.29, 0.717) is 23.6 Å². The second-order valence-electron chi connectivity index (χ2n) is 13.6. The van der Waals surface area contributed by atoms with Crippen molar-refractivity contribution in [3.8, 4) is 0 Å². The van der Waals surface area contributed by atoms with Gasteiger partial charge in [-0.05, 0) is 59.3 Å². The number of rotatable bonds is 25. The molecule has 20 nitrogen and oxygen atoms in total. The standard InChI is InChI=1S/C31H59N11O9/c1-17(32)26(47)37-21(11-9-14-36-31(34)35)29(50)41-25(19(3)45)30(51)39-20(10-7-8-15-42(4,5)6)27(48)38-22(12-13-24(33)46)28(49)40-23(16-43)18(2)44/h16-23,25,44-45H,7-15,32H2,1-6H3,(H10-,33,34,35,36,37,38,39,40,41,46,47,48,49,50,51)/p+1/t17-,18+,19+,20-,21-,22-,23+,25-/m0/s1. The number of hydrogen-bond acceptors (Lipinski definition) is 11. The van der Waals surface area contributed by atoms with Crippen molar-refractivity contribution in [3.05, 3.63) is 0 Å². The van der Waals surface area contributed by atoms with Gasteiger partial charge in [0.2, 0.25) is 35.4 Å². The van der Waals surface area contributed by atoms with E-state index in [-0.39, 0.29) is 44.6 Å². The highest BCUT2D eigenvalue weighted by Gasteiger charge is 2.34. The summed E-state index contributed by atoms with van der Waals surface area (Å²) in [7, 11) is 5.94. The number of quaternary nitrogens is 1. The van der Waals surface area contributed by atoms with Crippen molar-refractivity contribution in [2.75, 3.05) is 34.2 Å². The molecule has 0 aromatic carbocycles. The number of aliphatic hydroxyl groups excluding tert-OH is 2. The number of unbranched alkanes of at least 4 members (excludes halogenated alkanes) is 1. The number of guanidine groups is 1. The number of aldehydes is 1. The Hall–Kier alpha value is -4.40. The number of carbonyl (C=O) groups is 7. The molecule has 0 aliphatic carbocycles. The molecule has 0 fully saturated rings. The molecule has 0 unspecified atom stereocenters. The molecule has 0 radical (unpaired) electrons. The van der Waals surface area contributed by atoms with Crippen LogP contribution in [0.1, 0.15) is 65.7 Å². The minimum atomic E-state index is -1.60. The summed E-state index contributed by atoms with van der Waals surface area (Å²) in [5.74, 6) is -5.08. The van der Waals surface area contributed by atoms with Crippen LogP contribution in [0.4, 0.5) is 0 Å². The second kappa shape index (κ2) is 23.1. The molecule has 292 valence electrons. The van der Waals surface area contributed by atoms with Gasteiger partial charge in [-0.1, -0.05) is 0 Å². The van der Waals surface area contributed by atoms with Crippen LogP contribution < -0.4 is 49.5 Å². The first-order valence-corrected chi connectivity index (χ1v) is 16.8. The van der Waals surface area contributed by atoms with Crippen LogP contribution in [0.3, 0.4) is 0 Å². The monoisotopic (exact) mass is 730 g/mol. The molecule has 6 amide bonds. The van der Waals surface area contributed by atoms with Gasteiger partial charge in [0, 0.05) is 13.0 Å². The third-order valence-electron chi connectivity index (χ3n) is 7.55. The van der Waals surface area contributed by atoms with Gasteiger partial charge in [-0.3, -0.25) is 33.8 Å². The van der Waals surface area contributed by atoms with E-state index in [1.807, 2.05) is 21.1 Å². The van der Waals surface area contributed by atoms with Gasteiger partial charge >= 0.3 is 0 Å². The fourth-order valence-electron chi connectivity index (χ4n) is 4.56. The van der Waals surface area contributed by atoms with E-state index in [2.05, 4.69) is 31.6 Å². The Morgan fingerprint density at radius 3 is 1.65 bits per heavy atom. The summed E-state index contributed by atoms with van der Waals surface area (Å²) in [6, 6.07) is -7.74. The number of hydrogen-bond donors (Lipinski definition) is 11. The van der Waals surface area contributed by atoms with Crippen molar-refractivity contribution in [1.29, 1.82) is 0 Å². The molecule has 15 N–H and O–H groups in total. The van der Waals surface area contributed by atoms with Crippen molar-refractivity contribution >= 4 is 47.7 Å². The predicted octanol–water partition coefficient (Wildman–Crippen LogP) is -5.09. The van der Waals surface area contributed by atoms with Crippen LogP contribution in [0.2, 0.25) is 0 Å². The van der Waals surface area contributed by atoms with E-state index < -0.39 is 83.9 Å². The molecular formula is C31H60N11O9+. The molecule has 0 saturated carbocycles. The topological polar surface area (TPSA) is 337 Å². The maximum atomic E-state index is 13.6. The zero-order valence-corrected chi connectivity index (χ0v) is 30.5. The Labute approximate surface area is 298 Å². The van der Waals surface area contributed by atoms with Crippen molar-refractivity contribution in [2.24, 2.45) is 27.9 Å². The van der Waals surface area contributed by atoms with Crippen molar-refractivity contribution < 1.29 is 48.3 Å². The van der Waals surface area contributed by atoms with Crippen LogP contribution in [0, 0.1) is 0 Å². The highest BCUT2D eigenvalue weighted by Crippen LogP contribution is 2.09. The number of nitrogens with zero attached hydrogens (tertiary/aromatic N) is 2. The third kappa shape index (κ3) is 20.1. The summed E-state index contributed by atoms with van der Waals surface area (Å²) in [6.07, 6.45) is -1.55. The average molecular weight is 731 g/mol. The molecule has 0 bridgehead atoms. The number of amides is 6. The van der Waals surface area contributed by atoms with Gasteiger partial charge in [0.05, 0.1) is 45.9 Å². The van der Waals surface area contributed by atoms with Crippen LogP contribution in [-0.2, 0) is 33.6 Å². The van der Waals surface area contributed by atoms with Crippen molar-refractivity contribution in [1.82, 2.24) is 26.6 Å². The zero-order chi connectivity index (χ0) is 39.5. The van der Waals surface area contributed by atoms with Gasteiger partial charge in [0.1, 0.15) is 36.5 Å². The normalized spacial score (nSPS) is 16.0. The van der Waals surface area contributed by atoms with Gasteiger partial charge in [-0.25, -0.2) is 0 Å². The third-order valence-corrected chi connectivity index (χ3v) is 7.55. The quantitative estimate of drug-likeness (QED) is 0.0138. The molecule has 51 heavy (non-hydrogen) atoms. The maximum Gasteiger partial charge on any atom is 0.245 e. The van der Waals surface area contributed by atoms with Crippen molar-refractivity contribution in [2.45, 2.75) is 114 Å². The van der Waals surface area contributed by atoms with Crippen LogP contribution in [0.5, 0.6) is 0 Å². The summed E-state index contributed by atoms with van der Waals surface area (Å²) in [5, 5.41) is 32.6. The Kier molecular flexibility index (Phi) is 21.1. The lowest BCUT2D eigenvalue weighted by atomic mass is 10.0. The molecule has 0 aromatic heterocycles. The largest absolute Gasteiger partial charge is 0.391 e. The van der Waals surface area contributed by atoms with Gasteiger partial charge in [-0.15, -0.1) is 0 Å². The van der Waals surface area contributed by atoms with E-state index in [1.54, 1.807) is 0 Å². The van der Waals surface area contributed by atoms with Gasteiger partial charge in [-0.2, -0.15) is 0 Å². The minimum Gasteiger partial charge on any atom is -0.391 e. The first-order valence-electron chi connectivity index (χ1n) is 16.8. The number of primary amides is 1. The summed E-state index contributed by atoms with van der Waals surface area (Å²) in [5.41, 5.74) is 21.6. The molecule has 0 spiro atoms. The average Bonchev–Trinajstić information content (AvgIpc) is 3.01. The smallest absolute Gasteiger partial charge is 0.245 e. The Morgan fingerprint density at radius 1 is 0.686 bits per heavy atom. The van der Waals surface area contributed by atoms with E-state index in [9.17, 15) is 43.8 Å². The Bertz CT molecular complexity index is 1200. The van der Waals surface area contributed by atoms with Gasteiger partial charge in [0.15, 0.2) is 5.96 Å². The molecule has 0 aliphatic rings. The second-order valence-corrected chi connectivity index (χ2v) is 13.6. The number of aliphatic hydroxyl groups is 2. The number of aliphatic imine (C=N–C) groups is 1. The maximum absolute atomic E-state index is 13.6. The van der Waals surface area contributed by atoms with Crippen LogP contribution in [0.25, 0.3) is 0 Å². The molecule has 0 rings (SSSR count). The first kappa shape index (κ1) is 46.6. The molecule has 20 heteroatoms. The number of nitrogens with one attached hydrogen (secondary N) is 5. The van der Waals surface area contributed by atoms with E-state index >= 15 is 0 Å². The molecule has 0 heterocycles. The fourth-order valence-corrected chi connectivity index (χ4v) is 4.56. The fraction of sp³-hybridized carbons (Fsp3) is 0.742. The summed E-state index contributed by atoms with van der Waals surface area (Å²) in [4.78, 5) is 92.7. The summed E-state index contributed by atoms with van der Waals surface area (Å²) in [6.45, 7) is 4.79. The molecular weight excluding hydrogens is 670 g/mol. The van der Waals surface area contributed by atoms with Crippen LogP contribution >= 0.6 is 0 Å². The van der Waals surface area contributed by atoms with E-state index in [4.69, 9.17) is 22.9 Å². The summed E-state index contributed by atoms with van der Waals surface area (Å²) < 4.78 is 0.627. The number of nitrogens with two attached hydrogens (primary N) is 4. The SMILES string of the molecule is C[C@H](N)C(=O)N[C@@H](CCCN=C(N)N)C(=O)N[C@H](C(=O)N[C@@H](CCCC[N+](C)(C)C)C(=O)N[C@@H](CCC(N)=O)C(=O)N[C@H](C=O)[C@@H](C)O)[C@@H](C)O. The molecule has 0 saturated heterocycles. The minimum absolute atomic E-state index is 0.0430.